The summed E-state index contributed by atoms with van der Waals surface area (Å²) in [6.07, 6.45) is 1.11. The van der Waals surface area contributed by atoms with Gasteiger partial charge in [-0.2, -0.15) is 0 Å². The van der Waals surface area contributed by atoms with Crippen molar-refractivity contribution in [3.8, 4) is 0 Å². The molecular formula is C16H17NOS. The molecule has 0 radical (unpaired) electrons. The number of anilines is 2. The number of hydrogen-bond donors (Lipinski definition) is 1. The van der Waals surface area contributed by atoms with Crippen molar-refractivity contribution in [2.24, 2.45) is 0 Å². The molecule has 0 saturated carbocycles. The lowest BCUT2D eigenvalue weighted by Crippen LogP contribution is -2.21. The van der Waals surface area contributed by atoms with Crippen LogP contribution in [0.5, 0.6) is 0 Å². The van der Waals surface area contributed by atoms with E-state index in [0.717, 1.165) is 18.5 Å². The molecule has 0 fully saturated rings. The number of hydrogen-bond acceptors (Lipinski definition) is 3. The molecule has 0 atom stereocenters. The molecule has 2 nitrogen and oxygen atoms in total. The van der Waals surface area contributed by atoms with Crippen molar-refractivity contribution >= 4 is 23.1 Å². The van der Waals surface area contributed by atoms with Crippen molar-refractivity contribution < 1.29 is 5.11 Å². The standard InChI is InChI=1S/C16H17NOS/c1-2-9-17-13-5-3-4-6-15(13)19-16-10-12(11-18)7-8-14(16)17/h3-8,10,18H,2,9,11H2,1H3. The second-order valence-electron chi connectivity index (χ2n) is 4.68. The fraction of sp³-hybridized carbons (Fsp3) is 0.250. The van der Waals surface area contributed by atoms with E-state index >= 15 is 0 Å². The molecule has 3 heteroatoms. The van der Waals surface area contributed by atoms with E-state index < -0.39 is 0 Å². The van der Waals surface area contributed by atoms with Gasteiger partial charge in [0, 0.05) is 16.3 Å². The third kappa shape index (κ3) is 2.24. The molecular weight excluding hydrogens is 254 g/mol. The van der Waals surface area contributed by atoms with Gasteiger partial charge in [-0.1, -0.05) is 36.9 Å². The lowest BCUT2D eigenvalue weighted by atomic mass is 10.1. The monoisotopic (exact) mass is 271 g/mol. The number of aliphatic hydroxyl groups excluding tert-OH is 1. The molecule has 2 aromatic rings. The van der Waals surface area contributed by atoms with Crippen LogP contribution in [0.15, 0.2) is 52.3 Å². The molecule has 0 bridgehead atoms. The van der Waals surface area contributed by atoms with Crippen LogP contribution < -0.4 is 4.90 Å². The molecule has 1 N–H and O–H groups in total. The van der Waals surface area contributed by atoms with Gasteiger partial charge in [-0.15, -0.1) is 0 Å². The summed E-state index contributed by atoms with van der Waals surface area (Å²) in [4.78, 5) is 4.90. The van der Waals surface area contributed by atoms with Gasteiger partial charge in [0.2, 0.25) is 0 Å². The smallest absolute Gasteiger partial charge is 0.0682 e. The number of rotatable bonds is 3. The van der Waals surface area contributed by atoms with Crippen LogP contribution in [0.1, 0.15) is 18.9 Å². The van der Waals surface area contributed by atoms with E-state index in [1.165, 1.54) is 21.2 Å². The topological polar surface area (TPSA) is 23.5 Å². The average molecular weight is 271 g/mol. The summed E-state index contributed by atoms with van der Waals surface area (Å²) in [5.74, 6) is 0. The first-order valence-corrected chi connectivity index (χ1v) is 7.43. The molecule has 3 rings (SSSR count). The highest BCUT2D eigenvalue weighted by Gasteiger charge is 2.22. The number of benzene rings is 2. The summed E-state index contributed by atoms with van der Waals surface area (Å²) < 4.78 is 0. The molecule has 2 aromatic carbocycles. The maximum atomic E-state index is 9.28. The second-order valence-corrected chi connectivity index (χ2v) is 5.77. The SMILES string of the molecule is CCCN1c2ccccc2Sc2cc(CO)ccc21. The van der Waals surface area contributed by atoms with Crippen LogP contribution in [-0.4, -0.2) is 11.7 Å². The van der Waals surface area contributed by atoms with Gasteiger partial charge < -0.3 is 10.0 Å². The summed E-state index contributed by atoms with van der Waals surface area (Å²) in [6.45, 7) is 3.32. The first-order valence-electron chi connectivity index (χ1n) is 6.61. The molecule has 19 heavy (non-hydrogen) atoms. The Morgan fingerprint density at radius 1 is 1.05 bits per heavy atom. The van der Waals surface area contributed by atoms with Crippen LogP contribution in [0.3, 0.4) is 0 Å². The maximum absolute atomic E-state index is 9.28. The molecule has 0 unspecified atom stereocenters. The molecule has 98 valence electrons. The van der Waals surface area contributed by atoms with Gasteiger partial charge in [-0.3, -0.25) is 0 Å². The van der Waals surface area contributed by atoms with Gasteiger partial charge in [-0.25, -0.2) is 0 Å². The van der Waals surface area contributed by atoms with Crippen LogP contribution >= 0.6 is 11.8 Å². The predicted molar refractivity (Wildman–Crippen MR) is 80.2 cm³/mol. The van der Waals surface area contributed by atoms with Crippen molar-refractivity contribution in [3.05, 3.63) is 48.0 Å². The molecule has 0 amide bonds. The summed E-state index contributed by atoms with van der Waals surface area (Å²) in [7, 11) is 0. The zero-order valence-electron chi connectivity index (χ0n) is 11.0. The molecule has 1 heterocycles. The Morgan fingerprint density at radius 2 is 1.84 bits per heavy atom. The van der Waals surface area contributed by atoms with E-state index in [4.69, 9.17) is 0 Å². The van der Waals surface area contributed by atoms with E-state index in [1.54, 1.807) is 11.8 Å². The van der Waals surface area contributed by atoms with Crippen LogP contribution in [0.25, 0.3) is 0 Å². The zero-order valence-corrected chi connectivity index (χ0v) is 11.8. The van der Waals surface area contributed by atoms with Crippen molar-refractivity contribution in [3.63, 3.8) is 0 Å². The largest absolute Gasteiger partial charge is 0.392 e. The highest BCUT2D eigenvalue weighted by molar-refractivity contribution is 7.99. The third-order valence-electron chi connectivity index (χ3n) is 3.32. The molecule has 1 aliphatic rings. The van der Waals surface area contributed by atoms with Crippen LogP contribution in [0, 0.1) is 0 Å². The third-order valence-corrected chi connectivity index (χ3v) is 4.43. The number of fused-ring (bicyclic) bond motifs is 2. The van der Waals surface area contributed by atoms with Crippen molar-refractivity contribution in [2.45, 2.75) is 29.7 Å². The minimum absolute atomic E-state index is 0.100. The Bertz CT molecular complexity index is 597. The van der Waals surface area contributed by atoms with Gasteiger partial charge in [0.15, 0.2) is 0 Å². The number of para-hydroxylation sites is 1. The van der Waals surface area contributed by atoms with Gasteiger partial charge in [0.1, 0.15) is 0 Å². The Morgan fingerprint density at radius 3 is 2.63 bits per heavy atom. The lowest BCUT2D eigenvalue weighted by Gasteiger charge is -2.32. The van der Waals surface area contributed by atoms with Crippen molar-refractivity contribution in [2.75, 3.05) is 11.4 Å². The van der Waals surface area contributed by atoms with Crippen molar-refractivity contribution in [1.29, 1.82) is 0 Å². The summed E-state index contributed by atoms with van der Waals surface area (Å²) in [5.41, 5.74) is 3.52. The maximum Gasteiger partial charge on any atom is 0.0682 e. The molecule has 1 aliphatic heterocycles. The highest BCUT2D eigenvalue weighted by Crippen LogP contribution is 2.48. The van der Waals surface area contributed by atoms with E-state index in [-0.39, 0.29) is 6.61 Å². The van der Waals surface area contributed by atoms with Gasteiger partial charge in [0.25, 0.3) is 0 Å². The molecule has 0 aliphatic carbocycles. The Balaban J connectivity index is 2.10. The zero-order chi connectivity index (χ0) is 13.2. The van der Waals surface area contributed by atoms with Crippen LogP contribution in [-0.2, 0) is 6.61 Å². The quantitative estimate of drug-likeness (QED) is 0.905. The molecule has 0 aromatic heterocycles. The lowest BCUT2D eigenvalue weighted by molar-refractivity contribution is 0.281. The predicted octanol–water partition coefficient (Wildman–Crippen LogP) is 4.19. The van der Waals surface area contributed by atoms with Crippen LogP contribution in [0.4, 0.5) is 11.4 Å². The van der Waals surface area contributed by atoms with E-state index in [9.17, 15) is 5.11 Å². The van der Waals surface area contributed by atoms with E-state index in [0.29, 0.717) is 0 Å². The summed E-state index contributed by atoms with van der Waals surface area (Å²) in [6, 6.07) is 14.7. The first-order chi connectivity index (χ1) is 9.33. The van der Waals surface area contributed by atoms with Gasteiger partial charge >= 0.3 is 0 Å². The summed E-state index contributed by atoms with van der Waals surface area (Å²) in [5, 5.41) is 9.28. The fourth-order valence-corrected chi connectivity index (χ4v) is 3.60. The Kier molecular flexibility index (Phi) is 3.49. The minimum Gasteiger partial charge on any atom is -0.392 e. The number of aliphatic hydroxyl groups is 1. The average Bonchev–Trinajstić information content (AvgIpc) is 2.46. The fourth-order valence-electron chi connectivity index (χ4n) is 2.44. The molecule has 0 saturated heterocycles. The minimum atomic E-state index is 0.100. The molecule has 0 spiro atoms. The number of nitrogens with zero attached hydrogens (tertiary/aromatic N) is 1. The van der Waals surface area contributed by atoms with Gasteiger partial charge in [0.05, 0.1) is 18.0 Å². The summed E-state index contributed by atoms with van der Waals surface area (Å²) >= 11 is 1.79. The Labute approximate surface area is 118 Å². The van der Waals surface area contributed by atoms with Gasteiger partial charge in [-0.05, 0) is 36.2 Å². The van der Waals surface area contributed by atoms with Crippen molar-refractivity contribution in [1.82, 2.24) is 0 Å². The van der Waals surface area contributed by atoms with E-state index in [1.807, 2.05) is 6.07 Å². The Hall–Kier alpha value is -1.45. The van der Waals surface area contributed by atoms with E-state index in [2.05, 4.69) is 48.2 Å². The van der Waals surface area contributed by atoms with Crippen LogP contribution in [0.2, 0.25) is 0 Å². The second kappa shape index (κ2) is 5.27. The first kappa shape index (κ1) is 12.6. The highest BCUT2D eigenvalue weighted by atomic mass is 32.2. The normalized spacial score (nSPS) is 13.1.